The molecule has 4 heteroatoms. The second-order valence-electron chi connectivity index (χ2n) is 5.43. The number of nitrogens with zero attached hydrogens (tertiary/aromatic N) is 1. The van der Waals surface area contributed by atoms with Gasteiger partial charge in [0, 0.05) is 13.1 Å². The second kappa shape index (κ2) is 6.05. The first-order chi connectivity index (χ1) is 7.92. The molecule has 0 saturated heterocycles. The Hall–Kier alpha value is -1.03. The van der Waals surface area contributed by atoms with Gasteiger partial charge in [0.15, 0.2) is 0 Å². The minimum atomic E-state index is -0.416. The summed E-state index contributed by atoms with van der Waals surface area (Å²) in [7, 11) is 0. The molecule has 2 N–H and O–H groups in total. The maximum Gasteiger partial charge on any atom is 0.410 e. The molecule has 0 aromatic heterocycles. The van der Waals surface area contributed by atoms with Gasteiger partial charge in [-0.1, -0.05) is 11.6 Å². The number of hydrogen-bond donors (Lipinski definition) is 1. The van der Waals surface area contributed by atoms with E-state index in [1.807, 2.05) is 20.8 Å². The van der Waals surface area contributed by atoms with Crippen molar-refractivity contribution in [3.8, 4) is 0 Å². The van der Waals surface area contributed by atoms with Gasteiger partial charge in [0.1, 0.15) is 5.60 Å². The van der Waals surface area contributed by atoms with E-state index in [0.717, 1.165) is 32.4 Å². The fourth-order valence-electron chi connectivity index (χ4n) is 1.76. The van der Waals surface area contributed by atoms with Crippen LogP contribution in [0.2, 0.25) is 0 Å². The zero-order valence-corrected chi connectivity index (χ0v) is 11.2. The third-order valence-corrected chi connectivity index (χ3v) is 2.66. The molecule has 0 aromatic rings. The van der Waals surface area contributed by atoms with E-state index in [4.69, 9.17) is 10.5 Å². The van der Waals surface area contributed by atoms with E-state index in [9.17, 15) is 4.79 Å². The highest BCUT2D eigenvalue weighted by molar-refractivity contribution is 5.68. The highest BCUT2D eigenvalue weighted by atomic mass is 16.6. The van der Waals surface area contributed by atoms with Crippen molar-refractivity contribution in [2.45, 2.75) is 45.6 Å². The van der Waals surface area contributed by atoms with E-state index in [0.29, 0.717) is 6.54 Å². The molecule has 0 radical (unpaired) electrons. The van der Waals surface area contributed by atoms with Gasteiger partial charge in [-0.05, 0) is 46.6 Å². The van der Waals surface area contributed by atoms with Crippen molar-refractivity contribution in [3.05, 3.63) is 11.6 Å². The van der Waals surface area contributed by atoms with Crippen LogP contribution >= 0.6 is 0 Å². The molecule has 1 aliphatic rings. The monoisotopic (exact) mass is 240 g/mol. The van der Waals surface area contributed by atoms with Gasteiger partial charge < -0.3 is 15.4 Å². The van der Waals surface area contributed by atoms with Crippen LogP contribution in [-0.2, 0) is 4.74 Å². The van der Waals surface area contributed by atoms with Crippen LogP contribution in [0.5, 0.6) is 0 Å². The SMILES string of the molecule is CC(C)(C)OC(=O)N1CC=C(CCCN)CC1. The van der Waals surface area contributed by atoms with Crippen LogP contribution < -0.4 is 5.73 Å². The molecule has 0 aromatic carbocycles. The lowest BCUT2D eigenvalue weighted by molar-refractivity contribution is 0.0265. The van der Waals surface area contributed by atoms with Crippen LogP contribution in [0.25, 0.3) is 0 Å². The maximum absolute atomic E-state index is 11.8. The van der Waals surface area contributed by atoms with Crippen LogP contribution in [0.4, 0.5) is 4.79 Å². The molecule has 98 valence electrons. The summed E-state index contributed by atoms with van der Waals surface area (Å²) in [6, 6.07) is 0. The second-order valence-corrected chi connectivity index (χ2v) is 5.43. The molecule has 1 heterocycles. The molecule has 1 rings (SSSR count). The first-order valence-electron chi connectivity index (χ1n) is 6.28. The molecule has 17 heavy (non-hydrogen) atoms. The number of hydrogen-bond acceptors (Lipinski definition) is 3. The Morgan fingerprint density at radius 2 is 2.24 bits per heavy atom. The lowest BCUT2D eigenvalue weighted by Crippen LogP contribution is -2.39. The molecule has 4 nitrogen and oxygen atoms in total. The van der Waals surface area contributed by atoms with Crippen LogP contribution in [0.3, 0.4) is 0 Å². The van der Waals surface area contributed by atoms with Crippen molar-refractivity contribution in [2.75, 3.05) is 19.6 Å². The van der Waals surface area contributed by atoms with E-state index in [1.165, 1.54) is 5.57 Å². The third kappa shape index (κ3) is 5.22. The van der Waals surface area contributed by atoms with Gasteiger partial charge >= 0.3 is 6.09 Å². The highest BCUT2D eigenvalue weighted by Crippen LogP contribution is 2.18. The van der Waals surface area contributed by atoms with Gasteiger partial charge in [-0.3, -0.25) is 0 Å². The Morgan fingerprint density at radius 3 is 2.71 bits per heavy atom. The molecule has 0 bridgehead atoms. The average molecular weight is 240 g/mol. The summed E-state index contributed by atoms with van der Waals surface area (Å²) in [6.45, 7) is 7.80. The largest absolute Gasteiger partial charge is 0.444 e. The van der Waals surface area contributed by atoms with Gasteiger partial charge in [0.25, 0.3) is 0 Å². The Morgan fingerprint density at radius 1 is 1.53 bits per heavy atom. The van der Waals surface area contributed by atoms with Gasteiger partial charge in [-0.2, -0.15) is 0 Å². The molecule has 0 fully saturated rings. The lowest BCUT2D eigenvalue weighted by Gasteiger charge is -2.29. The predicted molar refractivity (Wildman–Crippen MR) is 68.8 cm³/mol. The molecule has 1 aliphatic heterocycles. The Kier molecular flexibility index (Phi) is 5.00. The normalized spacial score (nSPS) is 16.7. The van der Waals surface area contributed by atoms with Crippen molar-refractivity contribution in [1.29, 1.82) is 0 Å². The van der Waals surface area contributed by atoms with Gasteiger partial charge in [0.2, 0.25) is 0 Å². The summed E-state index contributed by atoms with van der Waals surface area (Å²) >= 11 is 0. The van der Waals surface area contributed by atoms with E-state index in [1.54, 1.807) is 4.90 Å². The summed E-state index contributed by atoms with van der Waals surface area (Å²) < 4.78 is 5.33. The van der Waals surface area contributed by atoms with Gasteiger partial charge in [0.05, 0.1) is 0 Å². The minimum Gasteiger partial charge on any atom is -0.444 e. The standard InChI is InChI=1S/C13H24N2O2/c1-13(2,3)17-12(16)15-9-6-11(7-10-15)5-4-8-14/h6H,4-5,7-10,14H2,1-3H3. The molecule has 1 amide bonds. The predicted octanol–water partition coefficient (Wildman–Crippen LogP) is 2.29. The van der Waals surface area contributed by atoms with E-state index < -0.39 is 5.60 Å². The fraction of sp³-hybridized carbons (Fsp3) is 0.769. The number of carbonyl (C=O) groups excluding carboxylic acids is 1. The molecule has 0 unspecified atom stereocenters. The van der Waals surface area contributed by atoms with Crippen LogP contribution in [-0.4, -0.2) is 36.2 Å². The van der Waals surface area contributed by atoms with E-state index >= 15 is 0 Å². The number of nitrogens with two attached hydrogens (primary N) is 1. The fourth-order valence-corrected chi connectivity index (χ4v) is 1.76. The summed E-state index contributed by atoms with van der Waals surface area (Å²) in [6.07, 6.45) is 4.94. The quantitative estimate of drug-likeness (QED) is 0.770. The lowest BCUT2D eigenvalue weighted by atomic mass is 10.0. The zero-order valence-electron chi connectivity index (χ0n) is 11.2. The van der Waals surface area contributed by atoms with Crippen LogP contribution in [0, 0.1) is 0 Å². The van der Waals surface area contributed by atoms with Crippen LogP contribution in [0.15, 0.2) is 11.6 Å². The van der Waals surface area contributed by atoms with E-state index in [-0.39, 0.29) is 6.09 Å². The summed E-state index contributed by atoms with van der Waals surface area (Å²) in [5.41, 5.74) is 6.48. The smallest absolute Gasteiger partial charge is 0.410 e. The third-order valence-electron chi connectivity index (χ3n) is 2.66. The first kappa shape index (κ1) is 14.0. The number of rotatable bonds is 3. The van der Waals surface area contributed by atoms with E-state index in [2.05, 4.69) is 6.08 Å². The Balaban J connectivity index is 2.40. The van der Waals surface area contributed by atoms with Crippen molar-refractivity contribution in [1.82, 2.24) is 4.90 Å². The average Bonchev–Trinajstić information content (AvgIpc) is 2.24. The number of amides is 1. The molecular weight excluding hydrogens is 216 g/mol. The Labute approximate surface area is 104 Å². The summed E-state index contributed by atoms with van der Waals surface area (Å²) in [5.74, 6) is 0. The zero-order chi connectivity index (χ0) is 12.9. The Bertz CT molecular complexity index is 292. The van der Waals surface area contributed by atoms with Crippen molar-refractivity contribution >= 4 is 6.09 Å². The molecule has 0 atom stereocenters. The highest BCUT2D eigenvalue weighted by Gasteiger charge is 2.23. The minimum absolute atomic E-state index is 0.216. The molecule has 0 aliphatic carbocycles. The van der Waals surface area contributed by atoms with Crippen molar-refractivity contribution in [2.24, 2.45) is 5.73 Å². The summed E-state index contributed by atoms with van der Waals surface area (Å²) in [5, 5.41) is 0. The molecule has 0 saturated carbocycles. The first-order valence-corrected chi connectivity index (χ1v) is 6.28. The maximum atomic E-state index is 11.8. The summed E-state index contributed by atoms with van der Waals surface area (Å²) in [4.78, 5) is 13.5. The van der Waals surface area contributed by atoms with Crippen molar-refractivity contribution < 1.29 is 9.53 Å². The van der Waals surface area contributed by atoms with Gasteiger partial charge in [-0.15, -0.1) is 0 Å². The topological polar surface area (TPSA) is 55.6 Å². The molecule has 0 spiro atoms. The van der Waals surface area contributed by atoms with Crippen molar-refractivity contribution in [3.63, 3.8) is 0 Å². The molecular formula is C13H24N2O2. The van der Waals surface area contributed by atoms with Crippen LogP contribution in [0.1, 0.15) is 40.0 Å². The number of ether oxygens (including phenoxy) is 1. The number of carbonyl (C=O) groups is 1. The van der Waals surface area contributed by atoms with Gasteiger partial charge in [-0.25, -0.2) is 4.79 Å².